The molecular formula is C26H45NO. The van der Waals surface area contributed by atoms with E-state index in [0.29, 0.717) is 29.1 Å². The first-order valence-corrected chi connectivity index (χ1v) is 12.9. The second-order valence-electron chi connectivity index (χ2n) is 12.0. The van der Waals surface area contributed by atoms with E-state index < -0.39 is 0 Å². The average Bonchev–Trinajstić information content (AvgIpc) is 3.15. The zero-order valence-electron chi connectivity index (χ0n) is 19.0. The van der Waals surface area contributed by atoms with Crippen LogP contribution in [0.4, 0.5) is 0 Å². The van der Waals surface area contributed by atoms with Crippen molar-refractivity contribution in [1.29, 1.82) is 0 Å². The van der Waals surface area contributed by atoms with Gasteiger partial charge in [-0.1, -0.05) is 47.0 Å². The minimum Gasteiger partial charge on any atom is -0.360 e. The zero-order valence-corrected chi connectivity index (χ0v) is 19.0. The van der Waals surface area contributed by atoms with Crippen LogP contribution >= 0.6 is 0 Å². The molecule has 0 radical (unpaired) electrons. The molecule has 0 bridgehead atoms. The number of fused-ring (bicyclic) bond motifs is 7. The van der Waals surface area contributed by atoms with Crippen LogP contribution in [-0.2, 0) is 4.74 Å². The molecule has 1 N–H and O–H groups in total. The molecule has 0 aromatic rings. The molecule has 4 saturated carbocycles. The van der Waals surface area contributed by atoms with Crippen LogP contribution in [0, 0.1) is 46.3 Å². The second kappa shape index (κ2) is 7.26. The van der Waals surface area contributed by atoms with Gasteiger partial charge in [-0.25, -0.2) is 0 Å². The van der Waals surface area contributed by atoms with E-state index in [2.05, 4.69) is 33.0 Å². The predicted molar refractivity (Wildman–Crippen MR) is 116 cm³/mol. The lowest BCUT2D eigenvalue weighted by molar-refractivity contribution is -0.115. The molecule has 160 valence electrons. The van der Waals surface area contributed by atoms with Crippen molar-refractivity contribution in [2.75, 3.05) is 6.54 Å². The minimum atomic E-state index is 0.309. The van der Waals surface area contributed by atoms with Crippen molar-refractivity contribution in [3.63, 3.8) is 0 Å². The molecule has 4 aliphatic carbocycles. The fourth-order valence-electron chi connectivity index (χ4n) is 9.56. The molecule has 1 aliphatic heterocycles. The van der Waals surface area contributed by atoms with Gasteiger partial charge in [0.2, 0.25) is 0 Å². The summed E-state index contributed by atoms with van der Waals surface area (Å²) in [5.74, 6) is 5.43. The van der Waals surface area contributed by atoms with Crippen LogP contribution in [-0.4, -0.2) is 18.9 Å². The molecule has 5 unspecified atom stereocenters. The Morgan fingerprint density at radius 2 is 1.82 bits per heavy atom. The number of nitrogens with one attached hydrogen (secondary N) is 1. The largest absolute Gasteiger partial charge is 0.360 e. The number of hydrogen-bond donors (Lipinski definition) is 1. The summed E-state index contributed by atoms with van der Waals surface area (Å²) in [6, 6.07) is 0. The van der Waals surface area contributed by atoms with Crippen molar-refractivity contribution in [2.24, 2.45) is 46.3 Å². The number of unbranched alkanes of at least 4 members (excludes halogenated alkanes) is 1. The van der Waals surface area contributed by atoms with E-state index in [0.717, 1.165) is 36.1 Å². The van der Waals surface area contributed by atoms with Crippen LogP contribution in [0.25, 0.3) is 0 Å². The first-order chi connectivity index (χ1) is 13.5. The Labute approximate surface area is 173 Å². The topological polar surface area (TPSA) is 21.3 Å². The van der Waals surface area contributed by atoms with E-state index >= 15 is 0 Å². The zero-order chi connectivity index (χ0) is 19.5. The molecule has 5 aliphatic rings. The van der Waals surface area contributed by atoms with Crippen LogP contribution < -0.4 is 5.32 Å². The summed E-state index contributed by atoms with van der Waals surface area (Å²) in [5.41, 5.74) is 1.20. The molecule has 0 aromatic carbocycles. The lowest BCUT2D eigenvalue weighted by Crippen LogP contribution is -2.53. The summed E-state index contributed by atoms with van der Waals surface area (Å²) in [5, 5.41) is 3.75. The van der Waals surface area contributed by atoms with Crippen LogP contribution in [0.15, 0.2) is 0 Å². The van der Waals surface area contributed by atoms with Crippen molar-refractivity contribution in [1.82, 2.24) is 5.32 Å². The first kappa shape index (κ1) is 19.9. The van der Waals surface area contributed by atoms with Gasteiger partial charge in [0.25, 0.3) is 0 Å². The van der Waals surface area contributed by atoms with E-state index in [1.165, 1.54) is 70.6 Å². The third-order valence-corrected chi connectivity index (χ3v) is 10.9. The maximum atomic E-state index is 6.70. The molecule has 1 saturated heterocycles. The summed E-state index contributed by atoms with van der Waals surface area (Å²) in [6.45, 7) is 11.3. The van der Waals surface area contributed by atoms with Gasteiger partial charge in [0.1, 0.15) is 6.23 Å². The Bertz CT molecular complexity index is 577. The molecular weight excluding hydrogens is 342 g/mol. The highest BCUT2D eigenvalue weighted by Crippen LogP contribution is 2.69. The molecule has 0 amide bonds. The molecule has 2 heteroatoms. The van der Waals surface area contributed by atoms with Gasteiger partial charge >= 0.3 is 0 Å². The molecule has 28 heavy (non-hydrogen) atoms. The van der Waals surface area contributed by atoms with Gasteiger partial charge in [-0.05, 0) is 98.3 Å². The monoisotopic (exact) mass is 387 g/mol. The predicted octanol–water partition coefficient (Wildman–Crippen LogP) is 6.40. The Morgan fingerprint density at radius 1 is 0.964 bits per heavy atom. The maximum Gasteiger partial charge on any atom is 0.111 e. The Kier molecular flexibility index (Phi) is 5.15. The van der Waals surface area contributed by atoms with E-state index in [4.69, 9.17) is 4.74 Å². The molecule has 10 atom stereocenters. The summed E-state index contributed by atoms with van der Waals surface area (Å²) in [7, 11) is 0. The van der Waals surface area contributed by atoms with Gasteiger partial charge in [-0.15, -0.1) is 0 Å². The molecule has 1 heterocycles. The van der Waals surface area contributed by atoms with E-state index in [1.54, 1.807) is 0 Å². The van der Waals surface area contributed by atoms with E-state index in [9.17, 15) is 0 Å². The van der Waals surface area contributed by atoms with Crippen molar-refractivity contribution in [3.8, 4) is 0 Å². The molecule has 2 nitrogen and oxygen atoms in total. The third kappa shape index (κ3) is 2.79. The minimum absolute atomic E-state index is 0.309. The molecule has 5 rings (SSSR count). The summed E-state index contributed by atoms with van der Waals surface area (Å²) < 4.78 is 6.70. The van der Waals surface area contributed by atoms with Crippen molar-refractivity contribution >= 4 is 0 Å². The lowest BCUT2D eigenvalue weighted by atomic mass is 9.44. The van der Waals surface area contributed by atoms with Crippen LogP contribution in [0.5, 0.6) is 0 Å². The van der Waals surface area contributed by atoms with Gasteiger partial charge in [0.05, 0.1) is 6.10 Å². The highest BCUT2D eigenvalue weighted by Gasteiger charge is 2.65. The van der Waals surface area contributed by atoms with Crippen molar-refractivity contribution < 1.29 is 4.74 Å². The summed E-state index contributed by atoms with van der Waals surface area (Å²) in [6.07, 6.45) is 16.8. The van der Waals surface area contributed by atoms with Gasteiger partial charge in [-0.2, -0.15) is 0 Å². The second-order valence-corrected chi connectivity index (χ2v) is 12.0. The molecule has 5 fully saturated rings. The SMILES string of the molecule is CCCCN[C@H]1O[C@H]2CC3[C@@H]4CCC5CCCC[C@]5(C)C4CC[C@]3(C)C2C1C. The van der Waals surface area contributed by atoms with Crippen LogP contribution in [0.1, 0.15) is 98.3 Å². The standard InChI is InChI=1S/C26H45NO/c1-5-6-15-27-24-17(2)23-22(28-24)16-21-19-11-10-18-9-7-8-13-25(18,3)20(19)12-14-26(21,23)4/h17-24,27H,5-16H2,1-4H3/t17?,18?,19-,20?,21?,22+,23?,24+,25+,26+/m1/s1. The van der Waals surface area contributed by atoms with Gasteiger partial charge in [0.15, 0.2) is 0 Å². The Hall–Kier alpha value is -0.0800. The number of hydrogen-bond acceptors (Lipinski definition) is 2. The number of rotatable bonds is 4. The van der Waals surface area contributed by atoms with Gasteiger partial charge in [0, 0.05) is 5.92 Å². The fraction of sp³-hybridized carbons (Fsp3) is 1.00. The third-order valence-electron chi connectivity index (χ3n) is 10.9. The van der Waals surface area contributed by atoms with Crippen LogP contribution in [0.2, 0.25) is 0 Å². The van der Waals surface area contributed by atoms with Crippen molar-refractivity contribution in [2.45, 2.75) is 111 Å². The highest BCUT2D eigenvalue weighted by molar-refractivity contribution is 5.13. The smallest absolute Gasteiger partial charge is 0.111 e. The molecule has 0 spiro atoms. The highest BCUT2D eigenvalue weighted by atomic mass is 16.5. The number of ether oxygens (including phenoxy) is 1. The normalized spacial score (nSPS) is 55.3. The maximum absolute atomic E-state index is 6.70. The quantitative estimate of drug-likeness (QED) is 0.564. The summed E-state index contributed by atoms with van der Waals surface area (Å²) >= 11 is 0. The molecule has 0 aromatic heterocycles. The fourth-order valence-corrected chi connectivity index (χ4v) is 9.56. The Morgan fingerprint density at radius 3 is 2.64 bits per heavy atom. The van der Waals surface area contributed by atoms with Crippen molar-refractivity contribution in [3.05, 3.63) is 0 Å². The van der Waals surface area contributed by atoms with Crippen LogP contribution in [0.3, 0.4) is 0 Å². The Balaban J connectivity index is 1.34. The first-order valence-electron chi connectivity index (χ1n) is 12.9. The lowest BCUT2D eigenvalue weighted by Gasteiger charge is -2.60. The van der Waals surface area contributed by atoms with Gasteiger partial charge < -0.3 is 4.74 Å². The summed E-state index contributed by atoms with van der Waals surface area (Å²) in [4.78, 5) is 0. The average molecular weight is 388 g/mol. The van der Waals surface area contributed by atoms with E-state index in [-0.39, 0.29) is 0 Å². The van der Waals surface area contributed by atoms with Gasteiger partial charge in [-0.3, -0.25) is 5.32 Å². The van der Waals surface area contributed by atoms with E-state index in [1.807, 2.05) is 0 Å².